The van der Waals surface area contributed by atoms with Gasteiger partial charge in [0.1, 0.15) is 0 Å². The highest BCUT2D eigenvalue weighted by Gasteiger charge is 2.18. The van der Waals surface area contributed by atoms with E-state index >= 15 is 0 Å². The molecule has 0 aliphatic carbocycles. The second kappa shape index (κ2) is 25.9. The number of aromatic nitrogens is 4. The van der Waals surface area contributed by atoms with Gasteiger partial charge in [0.2, 0.25) is 0 Å². The summed E-state index contributed by atoms with van der Waals surface area (Å²) in [5, 5.41) is 8.92. The van der Waals surface area contributed by atoms with Crippen molar-refractivity contribution in [3.8, 4) is 22.9 Å². The predicted octanol–water partition coefficient (Wildman–Crippen LogP) is 11.9. The van der Waals surface area contributed by atoms with Gasteiger partial charge in [0.05, 0.1) is 22.6 Å². The highest BCUT2D eigenvalue weighted by molar-refractivity contribution is 7.79. The number of nitrogens with one attached hydrogen (secondary N) is 1. The Kier molecular flexibility index (Phi) is 23.4. The minimum absolute atomic E-state index is 0.430. The Morgan fingerprint density at radius 1 is 0.783 bits per heavy atom. The molecular formula is C40H53N5S. The van der Waals surface area contributed by atoms with E-state index in [0.29, 0.717) is 22.9 Å². The van der Waals surface area contributed by atoms with Crippen LogP contribution in [-0.4, -0.2) is 32.4 Å². The number of rotatable bonds is 9. The van der Waals surface area contributed by atoms with Crippen LogP contribution in [0.25, 0.3) is 45.5 Å². The Morgan fingerprint density at radius 3 is 1.85 bits per heavy atom. The molecule has 4 rings (SSSR count). The number of nitrogens with zero attached hydrogens (tertiary/aromatic N) is 4. The van der Waals surface area contributed by atoms with Gasteiger partial charge in [-0.05, 0) is 57.1 Å². The topological polar surface area (TPSA) is 75.4 Å². The molecule has 0 radical (unpaired) electrons. The molecule has 0 saturated carbocycles. The van der Waals surface area contributed by atoms with Crippen molar-refractivity contribution in [2.45, 2.75) is 67.7 Å². The first-order valence-corrected chi connectivity index (χ1v) is 16.8. The molecule has 0 amide bonds. The summed E-state index contributed by atoms with van der Waals surface area (Å²) in [6, 6.07) is 18.0. The SMILES string of the molecule is C/C=C\C=C/C.C=CCC.C=Cc1nc(-c2nc(-c3ccccc3)c3ccccc3n2)nc(/C(=C/CC)CC)c1C=N.CC.CS. The van der Waals surface area contributed by atoms with Crippen LogP contribution in [0.1, 0.15) is 84.7 Å². The van der Waals surface area contributed by atoms with Crippen LogP contribution in [0.15, 0.2) is 104 Å². The van der Waals surface area contributed by atoms with Gasteiger partial charge in [-0.15, -0.1) is 6.58 Å². The Balaban J connectivity index is 0.00000123. The standard InChI is InChI=1S/C27H25N5.C6H10.C4H8.C2H6.CH4S/c1-4-12-18(5-2)24-21(17-28)22(6-3)29-26(31-24)27-30-23-16-11-10-15-20(23)25(32-27)19-13-8-7-9-14-19;1-3-5-6-4-2;1-3-4-2;2*1-2/h6-17,28H,3-5H2,1-2H3;3-6H,1-2H3;3H,1,4H2,2H3;1-2H3;2H,1H3/b18-12+,28-17?;5-3-,6-4-;;;. The fourth-order valence-electron chi connectivity index (χ4n) is 4.00. The average Bonchev–Trinajstić information content (AvgIpc) is 3.14. The van der Waals surface area contributed by atoms with Crippen LogP contribution in [0, 0.1) is 5.41 Å². The number of allylic oxidation sites excluding steroid dienone is 7. The van der Waals surface area contributed by atoms with Gasteiger partial charge in [0, 0.05) is 22.7 Å². The van der Waals surface area contributed by atoms with Crippen LogP contribution in [0.3, 0.4) is 0 Å². The third-order valence-electron chi connectivity index (χ3n) is 6.08. The summed E-state index contributed by atoms with van der Waals surface area (Å²) >= 11 is 3.53. The minimum Gasteiger partial charge on any atom is -0.308 e. The zero-order valence-electron chi connectivity index (χ0n) is 29.1. The lowest BCUT2D eigenvalue weighted by molar-refractivity contribution is 1.05. The maximum atomic E-state index is 7.95. The number of hydrogen-bond acceptors (Lipinski definition) is 6. The molecule has 2 aromatic heterocycles. The van der Waals surface area contributed by atoms with Crippen molar-refractivity contribution in [1.82, 2.24) is 19.9 Å². The van der Waals surface area contributed by atoms with Gasteiger partial charge in [-0.3, -0.25) is 0 Å². The Morgan fingerprint density at radius 2 is 1.35 bits per heavy atom. The quantitative estimate of drug-likeness (QED) is 0.0830. The van der Waals surface area contributed by atoms with Crippen LogP contribution in [0.2, 0.25) is 0 Å². The van der Waals surface area contributed by atoms with Crippen molar-refractivity contribution in [3.05, 3.63) is 121 Å². The first-order valence-electron chi connectivity index (χ1n) is 15.9. The second-order valence-electron chi connectivity index (χ2n) is 9.06. The molecule has 46 heavy (non-hydrogen) atoms. The van der Waals surface area contributed by atoms with E-state index in [2.05, 4.69) is 57.6 Å². The molecule has 0 unspecified atom stereocenters. The van der Waals surface area contributed by atoms with Gasteiger partial charge in [0.15, 0.2) is 11.6 Å². The lowest BCUT2D eigenvalue weighted by Gasteiger charge is -2.13. The van der Waals surface area contributed by atoms with Crippen LogP contribution < -0.4 is 0 Å². The molecule has 2 heterocycles. The second-order valence-corrected chi connectivity index (χ2v) is 9.06. The highest BCUT2D eigenvalue weighted by atomic mass is 32.1. The van der Waals surface area contributed by atoms with E-state index in [1.165, 1.54) is 6.21 Å². The molecule has 6 heteroatoms. The van der Waals surface area contributed by atoms with Gasteiger partial charge >= 0.3 is 0 Å². The summed E-state index contributed by atoms with van der Waals surface area (Å²) in [5.41, 5.74) is 5.75. The molecule has 0 aliphatic rings. The summed E-state index contributed by atoms with van der Waals surface area (Å²) in [6.07, 6.45) is 19.4. The predicted molar refractivity (Wildman–Crippen MR) is 209 cm³/mol. The Labute approximate surface area is 284 Å². The van der Waals surface area contributed by atoms with Gasteiger partial charge in [0.25, 0.3) is 0 Å². The number of benzene rings is 2. The molecule has 0 spiro atoms. The van der Waals surface area contributed by atoms with Crippen molar-refractivity contribution in [1.29, 1.82) is 5.41 Å². The molecular weight excluding hydrogens is 583 g/mol. The van der Waals surface area contributed by atoms with Crippen molar-refractivity contribution >= 4 is 41.4 Å². The summed E-state index contributed by atoms with van der Waals surface area (Å²) in [4.78, 5) is 19.2. The molecule has 0 fully saturated rings. The minimum atomic E-state index is 0.430. The monoisotopic (exact) mass is 635 g/mol. The zero-order valence-corrected chi connectivity index (χ0v) is 30.0. The van der Waals surface area contributed by atoms with Crippen molar-refractivity contribution in [2.75, 3.05) is 6.26 Å². The molecule has 4 aromatic rings. The fraction of sp³-hybridized carbons (Fsp3) is 0.275. The van der Waals surface area contributed by atoms with Gasteiger partial charge in [-0.25, -0.2) is 19.9 Å². The lowest BCUT2D eigenvalue weighted by atomic mass is 10.0. The molecule has 0 saturated heterocycles. The average molecular weight is 636 g/mol. The van der Waals surface area contributed by atoms with E-state index in [9.17, 15) is 0 Å². The first kappa shape index (κ1) is 41.6. The number of hydrogen-bond donors (Lipinski definition) is 2. The van der Waals surface area contributed by atoms with Crippen molar-refractivity contribution in [2.24, 2.45) is 0 Å². The number of fused-ring (bicyclic) bond motifs is 1. The van der Waals surface area contributed by atoms with Crippen LogP contribution in [0.4, 0.5) is 0 Å². The van der Waals surface area contributed by atoms with E-state index in [0.717, 1.165) is 52.7 Å². The molecule has 5 nitrogen and oxygen atoms in total. The molecule has 2 aromatic carbocycles. The van der Waals surface area contributed by atoms with Crippen molar-refractivity contribution < 1.29 is 0 Å². The van der Waals surface area contributed by atoms with E-state index < -0.39 is 0 Å². The first-order chi connectivity index (χ1) is 22.5. The van der Waals surface area contributed by atoms with Crippen LogP contribution in [-0.2, 0) is 0 Å². The third-order valence-corrected chi connectivity index (χ3v) is 6.08. The Hall–Kier alpha value is -4.42. The van der Waals surface area contributed by atoms with E-state index in [-0.39, 0.29) is 0 Å². The molecule has 244 valence electrons. The van der Waals surface area contributed by atoms with Gasteiger partial charge < -0.3 is 5.41 Å². The van der Waals surface area contributed by atoms with Gasteiger partial charge in [-0.1, -0.05) is 126 Å². The third kappa shape index (κ3) is 12.9. The smallest absolute Gasteiger partial charge is 0.198 e. The van der Waals surface area contributed by atoms with Crippen molar-refractivity contribution in [3.63, 3.8) is 0 Å². The number of para-hydroxylation sites is 1. The normalized spacial score (nSPS) is 10.3. The zero-order chi connectivity index (χ0) is 34.7. The van der Waals surface area contributed by atoms with E-state index in [4.69, 9.17) is 20.4 Å². The van der Waals surface area contributed by atoms with Crippen LogP contribution in [0.5, 0.6) is 0 Å². The highest BCUT2D eigenvalue weighted by Crippen LogP contribution is 2.30. The molecule has 0 atom stereocenters. The fourth-order valence-corrected chi connectivity index (χ4v) is 4.00. The van der Waals surface area contributed by atoms with E-state index in [1.807, 2.05) is 113 Å². The maximum Gasteiger partial charge on any atom is 0.198 e. The number of thiol groups is 1. The maximum absolute atomic E-state index is 7.95. The van der Waals surface area contributed by atoms with E-state index in [1.54, 1.807) is 12.3 Å². The summed E-state index contributed by atoms with van der Waals surface area (Å²) in [7, 11) is 0. The molecule has 1 N–H and O–H groups in total. The summed E-state index contributed by atoms with van der Waals surface area (Å²) in [5.74, 6) is 0.884. The van der Waals surface area contributed by atoms with Gasteiger partial charge in [-0.2, -0.15) is 12.6 Å². The largest absolute Gasteiger partial charge is 0.308 e. The lowest BCUT2D eigenvalue weighted by Crippen LogP contribution is -2.07. The van der Waals surface area contributed by atoms with Crippen LogP contribution >= 0.6 is 12.6 Å². The summed E-state index contributed by atoms with van der Waals surface area (Å²) < 4.78 is 0. The molecule has 0 aliphatic heterocycles. The Bertz CT molecular complexity index is 1540. The summed E-state index contributed by atoms with van der Waals surface area (Å²) in [6.45, 7) is 21.6. The molecule has 0 bridgehead atoms.